The summed E-state index contributed by atoms with van der Waals surface area (Å²) in [5, 5.41) is 8.30. The number of hydrogen-bond acceptors (Lipinski definition) is 2. The summed E-state index contributed by atoms with van der Waals surface area (Å²) in [6.45, 7) is 0. The smallest absolute Gasteiger partial charge is 0.172 e. The third kappa shape index (κ3) is 5.25. The molecule has 0 saturated carbocycles. The maximum absolute atomic E-state index is 16.4. The minimum atomic E-state index is -3.55. The van der Waals surface area contributed by atoms with Crippen molar-refractivity contribution in [2.45, 2.75) is 0 Å². The van der Waals surface area contributed by atoms with Crippen LogP contribution in [0.15, 0.2) is 193 Å². The number of rotatable bonds is 7. The van der Waals surface area contributed by atoms with Gasteiger partial charge < -0.3 is 9.13 Å². The second kappa shape index (κ2) is 12.9. The van der Waals surface area contributed by atoms with Gasteiger partial charge in [-0.25, -0.2) is 0 Å². The zero-order chi connectivity index (χ0) is 33.4. The van der Waals surface area contributed by atoms with Crippen molar-refractivity contribution >= 4 is 83.6 Å². The van der Waals surface area contributed by atoms with Crippen LogP contribution < -0.4 is 31.8 Å². The van der Waals surface area contributed by atoms with Crippen LogP contribution in [0, 0.1) is 0 Å². The molecule has 0 spiro atoms. The molecule has 8 aromatic carbocycles. The normalized spacial score (nSPS) is 12.9. The highest BCUT2D eigenvalue weighted by Gasteiger charge is 2.38. The summed E-state index contributed by atoms with van der Waals surface area (Å²) in [5.41, 5.74) is 1.67. The van der Waals surface area contributed by atoms with Crippen molar-refractivity contribution in [1.82, 2.24) is 0 Å². The average Bonchev–Trinajstić information content (AvgIpc) is 3.17. The van der Waals surface area contributed by atoms with E-state index in [4.69, 9.17) is 0 Å². The average molecular weight is 734 g/mol. The van der Waals surface area contributed by atoms with E-state index in [1.54, 1.807) is 0 Å². The molecule has 1 atom stereocenters. The fourth-order valence-corrected chi connectivity index (χ4v) is 13.8. The molecule has 0 heterocycles. The molecule has 2 nitrogen and oxygen atoms in total. The van der Waals surface area contributed by atoms with Crippen molar-refractivity contribution in [2.24, 2.45) is 0 Å². The summed E-state index contributed by atoms with van der Waals surface area (Å²) in [7, 11) is -7.04. The van der Waals surface area contributed by atoms with Gasteiger partial charge in [0.2, 0.25) is 0 Å². The minimum Gasteiger partial charge on any atom is -0.309 e. The molecule has 0 aliphatic heterocycles. The summed E-state index contributed by atoms with van der Waals surface area (Å²) in [4.78, 5) is 0. The standard InChI is InChI=1S/C44H31BrO2P2/c45-39-26-14-15-27-40(39)49(47,36-22-8-3-9-23-36)42-31-29-33-17-11-13-25-38(33)44(42)43-37-24-12-10-16-32(37)28-30-41(43)48(46,34-18-4-1-5-19-34)35-20-6-2-7-21-35/h1-31H. The first-order chi connectivity index (χ1) is 24.0. The van der Waals surface area contributed by atoms with Crippen LogP contribution in [0.5, 0.6) is 0 Å². The fraction of sp³-hybridized carbons (Fsp3) is 0. The van der Waals surface area contributed by atoms with Gasteiger partial charge in [0.1, 0.15) is 0 Å². The van der Waals surface area contributed by atoms with Gasteiger partial charge in [-0.2, -0.15) is 0 Å². The van der Waals surface area contributed by atoms with Gasteiger partial charge in [0.05, 0.1) is 0 Å². The van der Waals surface area contributed by atoms with Crippen molar-refractivity contribution in [1.29, 1.82) is 0 Å². The lowest BCUT2D eigenvalue weighted by Crippen LogP contribution is -2.30. The SMILES string of the molecule is O=P(c1ccccc1)(c1ccccc1)c1ccc2ccccc2c1-c1c(P(=O)(c2ccccc2)c2ccccc2Br)ccc2ccccc12. The Bertz CT molecular complexity index is 2520. The molecule has 0 aliphatic carbocycles. The summed E-state index contributed by atoms with van der Waals surface area (Å²) in [6.07, 6.45) is 0. The molecule has 49 heavy (non-hydrogen) atoms. The largest absolute Gasteiger partial charge is 0.309 e. The molecular formula is C44H31BrO2P2. The topological polar surface area (TPSA) is 34.1 Å². The molecule has 0 amide bonds. The van der Waals surface area contributed by atoms with Gasteiger partial charge in [0, 0.05) is 47.4 Å². The lowest BCUT2D eigenvalue weighted by Gasteiger charge is -2.29. The summed E-state index contributed by atoms with van der Waals surface area (Å²) in [6, 6.07) is 61.8. The van der Waals surface area contributed by atoms with Crippen LogP contribution in [-0.4, -0.2) is 0 Å². The van der Waals surface area contributed by atoms with E-state index in [1.807, 2.05) is 152 Å². The highest BCUT2D eigenvalue weighted by atomic mass is 79.9. The summed E-state index contributed by atoms with van der Waals surface area (Å²) >= 11 is 3.79. The van der Waals surface area contributed by atoms with Crippen molar-refractivity contribution in [2.75, 3.05) is 0 Å². The fourth-order valence-electron chi connectivity index (χ4n) is 7.03. The molecule has 0 radical (unpaired) electrons. The van der Waals surface area contributed by atoms with Crippen molar-refractivity contribution in [3.05, 3.63) is 193 Å². The van der Waals surface area contributed by atoms with Crippen LogP contribution in [-0.2, 0) is 9.13 Å². The van der Waals surface area contributed by atoms with Gasteiger partial charge in [-0.15, -0.1) is 0 Å². The first-order valence-corrected chi connectivity index (χ1v) is 20.4. The van der Waals surface area contributed by atoms with E-state index in [-0.39, 0.29) is 0 Å². The summed E-state index contributed by atoms with van der Waals surface area (Å²) in [5.74, 6) is 0. The lowest BCUT2D eigenvalue weighted by atomic mass is 9.93. The molecule has 5 heteroatoms. The van der Waals surface area contributed by atoms with Gasteiger partial charge in [-0.05, 0) is 45.8 Å². The number of fused-ring (bicyclic) bond motifs is 2. The maximum atomic E-state index is 16.4. The molecule has 0 N–H and O–H groups in total. The third-order valence-corrected chi connectivity index (χ3v) is 16.5. The van der Waals surface area contributed by atoms with Crippen molar-refractivity contribution in [3.63, 3.8) is 0 Å². The zero-order valence-corrected chi connectivity index (χ0v) is 29.9. The van der Waals surface area contributed by atoms with E-state index >= 15 is 9.13 Å². The molecule has 0 aliphatic rings. The first kappa shape index (κ1) is 31.5. The predicted molar refractivity (Wildman–Crippen MR) is 213 cm³/mol. The van der Waals surface area contributed by atoms with Gasteiger partial charge in [-0.1, -0.05) is 180 Å². The predicted octanol–water partition coefficient (Wildman–Crippen LogP) is 9.70. The highest BCUT2D eigenvalue weighted by molar-refractivity contribution is 9.10. The Morgan fingerprint density at radius 2 is 0.694 bits per heavy atom. The first-order valence-electron chi connectivity index (χ1n) is 16.2. The molecule has 1 unspecified atom stereocenters. The third-order valence-electron chi connectivity index (χ3n) is 9.29. The van der Waals surface area contributed by atoms with Crippen LogP contribution in [0.1, 0.15) is 0 Å². The molecule has 0 saturated heterocycles. The quantitative estimate of drug-likeness (QED) is 0.153. The highest BCUT2D eigenvalue weighted by Crippen LogP contribution is 2.52. The molecular weight excluding hydrogens is 702 g/mol. The van der Waals surface area contributed by atoms with Crippen molar-refractivity contribution < 1.29 is 9.13 Å². The van der Waals surface area contributed by atoms with E-state index in [2.05, 4.69) is 52.3 Å². The molecule has 0 fully saturated rings. The Balaban J connectivity index is 1.60. The van der Waals surface area contributed by atoms with Gasteiger partial charge in [0.15, 0.2) is 14.3 Å². The lowest BCUT2D eigenvalue weighted by molar-refractivity contribution is 0.591. The Hall–Kier alpha value is -4.78. The Morgan fingerprint density at radius 3 is 1.16 bits per heavy atom. The van der Waals surface area contributed by atoms with Crippen LogP contribution in [0.4, 0.5) is 0 Å². The summed E-state index contributed by atoms with van der Waals surface area (Å²) < 4.78 is 33.5. The van der Waals surface area contributed by atoms with Crippen LogP contribution >= 0.6 is 30.2 Å². The van der Waals surface area contributed by atoms with E-state index in [0.29, 0.717) is 15.9 Å². The van der Waals surface area contributed by atoms with Crippen LogP contribution in [0.25, 0.3) is 32.7 Å². The number of halogens is 1. The Kier molecular flexibility index (Phi) is 8.30. The molecule has 0 bridgehead atoms. The van der Waals surface area contributed by atoms with E-state index < -0.39 is 14.3 Å². The molecule has 8 rings (SSSR count). The maximum Gasteiger partial charge on any atom is 0.172 e. The second-order valence-corrected chi connectivity index (χ2v) is 18.3. The van der Waals surface area contributed by atoms with Crippen LogP contribution in [0.2, 0.25) is 0 Å². The zero-order valence-electron chi connectivity index (χ0n) is 26.5. The monoisotopic (exact) mass is 732 g/mol. The minimum absolute atomic E-state index is 0.703. The van der Waals surface area contributed by atoms with Crippen LogP contribution in [0.3, 0.4) is 0 Å². The van der Waals surface area contributed by atoms with Gasteiger partial charge in [-0.3, -0.25) is 0 Å². The Labute approximate surface area is 295 Å². The van der Waals surface area contributed by atoms with Gasteiger partial charge >= 0.3 is 0 Å². The second-order valence-electron chi connectivity index (χ2n) is 12.0. The van der Waals surface area contributed by atoms with Gasteiger partial charge in [0.25, 0.3) is 0 Å². The van der Waals surface area contributed by atoms with E-state index in [1.165, 1.54) is 0 Å². The van der Waals surface area contributed by atoms with Crippen molar-refractivity contribution in [3.8, 4) is 11.1 Å². The number of benzene rings is 8. The van der Waals surface area contributed by atoms with E-state index in [9.17, 15) is 0 Å². The molecule has 236 valence electrons. The Morgan fingerprint density at radius 1 is 0.327 bits per heavy atom. The molecule has 8 aromatic rings. The number of hydrogen-bond donors (Lipinski definition) is 0. The molecule has 0 aromatic heterocycles. The van der Waals surface area contributed by atoms with E-state index in [0.717, 1.165) is 53.1 Å².